The lowest BCUT2D eigenvalue weighted by atomic mass is 10.3. The molecule has 0 radical (unpaired) electrons. The van der Waals surface area contributed by atoms with Crippen LogP contribution in [0.5, 0.6) is 5.75 Å². The molecule has 0 bridgehead atoms. The van der Waals surface area contributed by atoms with Crippen LogP contribution in [0.15, 0.2) is 42.5 Å². The molecule has 1 atom stereocenters. The van der Waals surface area contributed by atoms with Gasteiger partial charge in [0, 0.05) is 5.69 Å². The van der Waals surface area contributed by atoms with Crippen LogP contribution >= 0.6 is 23.2 Å². The summed E-state index contributed by atoms with van der Waals surface area (Å²) in [5.74, 6) is 0.0361. The maximum atomic E-state index is 12.0. The lowest BCUT2D eigenvalue weighted by Gasteiger charge is -2.15. The van der Waals surface area contributed by atoms with Gasteiger partial charge in [-0.15, -0.1) is 0 Å². The number of benzene rings is 1. The first-order chi connectivity index (χ1) is 9.56. The molecule has 1 aromatic carbocycles. The number of nitrogens with zero attached hydrogens (tertiary/aromatic N) is 1. The summed E-state index contributed by atoms with van der Waals surface area (Å²) in [5.41, 5.74) is 0.702. The van der Waals surface area contributed by atoms with E-state index < -0.39 is 6.10 Å². The molecule has 0 spiro atoms. The van der Waals surface area contributed by atoms with Crippen LogP contribution in [0, 0.1) is 0 Å². The van der Waals surface area contributed by atoms with Crippen LogP contribution < -0.4 is 10.1 Å². The summed E-state index contributed by atoms with van der Waals surface area (Å²) in [6.45, 7) is 1.63. The minimum absolute atomic E-state index is 0.122. The Kier molecular flexibility index (Phi) is 4.82. The molecule has 0 fully saturated rings. The Balaban J connectivity index is 2.00. The van der Waals surface area contributed by atoms with E-state index in [4.69, 9.17) is 27.9 Å². The number of nitrogens with one attached hydrogen (secondary N) is 1. The van der Waals surface area contributed by atoms with Gasteiger partial charge >= 0.3 is 0 Å². The van der Waals surface area contributed by atoms with Crippen molar-refractivity contribution < 1.29 is 9.53 Å². The first kappa shape index (κ1) is 14.6. The van der Waals surface area contributed by atoms with Crippen molar-refractivity contribution in [2.45, 2.75) is 13.0 Å². The number of para-hydroxylation sites is 1. The third-order valence-corrected chi connectivity index (χ3v) is 2.98. The van der Waals surface area contributed by atoms with Gasteiger partial charge in [0.2, 0.25) is 0 Å². The van der Waals surface area contributed by atoms with Crippen molar-refractivity contribution in [2.75, 3.05) is 5.32 Å². The van der Waals surface area contributed by atoms with Crippen LogP contribution in [0.1, 0.15) is 6.92 Å². The predicted octanol–water partition coefficient (Wildman–Crippen LogP) is 3.79. The van der Waals surface area contributed by atoms with E-state index in [1.54, 1.807) is 31.2 Å². The van der Waals surface area contributed by atoms with E-state index in [0.29, 0.717) is 11.4 Å². The average molecular weight is 311 g/mol. The first-order valence-electron chi connectivity index (χ1n) is 5.91. The van der Waals surface area contributed by atoms with Crippen LogP contribution in [-0.2, 0) is 4.79 Å². The quantitative estimate of drug-likeness (QED) is 0.874. The number of halogens is 2. The van der Waals surface area contributed by atoms with Gasteiger partial charge in [0.25, 0.3) is 5.91 Å². The van der Waals surface area contributed by atoms with Crippen molar-refractivity contribution >= 4 is 34.8 Å². The monoisotopic (exact) mass is 310 g/mol. The highest BCUT2D eigenvalue weighted by atomic mass is 35.5. The smallest absolute Gasteiger partial charge is 0.265 e. The van der Waals surface area contributed by atoms with Gasteiger partial charge in [-0.05, 0) is 31.2 Å². The lowest BCUT2D eigenvalue weighted by Crippen LogP contribution is -2.30. The van der Waals surface area contributed by atoms with Gasteiger partial charge < -0.3 is 10.1 Å². The Hall–Kier alpha value is -1.78. The SMILES string of the molecule is CC(Oc1ccc(Cl)nc1Cl)C(=O)Nc1ccccc1. The molecular weight excluding hydrogens is 299 g/mol. The number of hydrogen-bond donors (Lipinski definition) is 1. The Morgan fingerprint density at radius 3 is 2.55 bits per heavy atom. The number of ether oxygens (including phenoxy) is 1. The maximum Gasteiger partial charge on any atom is 0.265 e. The number of carbonyl (C=O) groups excluding carboxylic acids is 1. The van der Waals surface area contributed by atoms with Crippen LogP contribution in [0.25, 0.3) is 0 Å². The van der Waals surface area contributed by atoms with Gasteiger partial charge in [0.1, 0.15) is 5.15 Å². The van der Waals surface area contributed by atoms with E-state index in [1.807, 2.05) is 18.2 Å². The summed E-state index contributed by atoms with van der Waals surface area (Å²) < 4.78 is 5.47. The van der Waals surface area contributed by atoms with Gasteiger partial charge in [0.15, 0.2) is 17.0 Å². The largest absolute Gasteiger partial charge is 0.478 e. The highest BCUT2D eigenvalue weighted by Gasteiger charge is 2.16. The third kappa shape index (κ3) is 3.85. The van der Waals surface area contributed by atoms with Crippen molar-refractivity contribution in [1.82, 2.24) is 4.98 Å². The van der Waals surface area contributed by atoms with E-state index in [9.17, 15) is 4.79 Å². The minimum Gasteiger partial charge on any atom is -0.478 e. The van der Waals surface area contributed by atoms with Crippen molar-refractivity contribution in [3.63, 3.8) is 0 Å². The minimum atomic E-state index is -0.712. The van der Waals surface area contributed by atoms with Crippen molar-refractivity contribution in [3.05, 3.63) is 52.8 Å². The summed E-state index contributed by atoms with van der Waals surface area (Å²) in [6.07, 6.45) is -0.712. The molecule has 0 aliphatic heterocycles. The fourth-order valence-corrected chi connectivity index (χ4v) is 1.89. The Morgan fingerprint density at radius 2 is 1.90 bits per heavy atom. The van der Waals surface area contributed by atoms with Crippen LogP contribution in [0.2, 0.25) is 10.3 Å². The second-order valence-electron chi connectivity index (χ2n) is 4.04. The number of amides is 1. The molecule has 0 aliphatic carbocycles. The van der Waals surface area contributed by atoms with Gasteiger partial charge in [-0.3, -0.25) is 4.79 Å². The second kappa shape index (κ2) is 6.59. The summed E-state index contributed by atoms with van der Waals surface area (Å²) in [4.78, 5) is 15.8. The summed E-state index contributed by atoms with van der Waals surface area (Å²) in [6, 6.07) is 12.2. The van der Waals surface area contributed by atoms with Gasteiger partial charge in [-0.1, -0.05) is 41.4 Å². The van der Waals surface area contributed by atoms with E-state index in [2.05, 4.69) is 10.3 Å². The van der Waals surface area contributed by atoms with Crippen LogP contribution in [-0.4, -0.2) is 17.0 Å². The predicted molar refractivity (Wildman–Crippen MR) is 79.4 cm³/mol. The van der Waals surface area contributed by atoms with Crippen molar-refractivity contribution in [2.24, 2.45) is 0 Å². The van der Waals surface area contributed by atoms with Crippen molar-refractivity contribution in [1.29, 1.82) is 0 Å². The standard InChI is InChI=1S/C14H12Cl2N2O2/c1-9(14(19)17-10-5-3-2-4-6-10)20-11-7-8-12(15)18-13(11)16/h2-9H,1H3,(H,17,19). The van der Waals surface area contributed by atoms with Crippen LogP contribution in [0.3, 0.4) is 0 Å². The summed E-state index contributed by atoms with van der Waals surface area (Å²) >= 11 is 11.6. The molecule has 1 unspecified atom stereocenters. The lowest BCUT2D eigenvalue weighted by molar-refractivity contribution is -0.122. The molecule has 0 saturated carbocycles. The second-order valence-corrected chi connectivity index (χ2v) is 4.78. The molecule has 0 aliphatic rings. The van der Waals surface area contributed by atoms with Gasteiger partial charge in [-0.25, -0.2) is 4.98 Å². The molecule has 6 heteroatoms. The van der Waals surface area contributed by atoms with E-state index >= 15 is 0 Å². The number of anilines is 1. The third-order valence-electron chi connectivity index (χ3n) is 2.49. The normalized spacial score (nSPS) is 11.8. The molecule has 2 rings (SSSR count). The zero-order valence-electron chi connectivity index (χ0n) is 10.6. The highest BCUT2D eigenvalue weighted by Crippen LogP contribution is 2.25. The summed E-state index contributed by atoms with van der Waals surface area (Å²) in [5, 5.41) is 3.13. The molecule has 20 heavy (non-hydrogen) atoms. The molecule has 0 saturated heterocycles. The molecule has 1 N–H and O–H groups in total. The Bertz CT molecular complexity index is 605. The average Bonchev–Trinajstić information content (AvgIpc) is 2.43. The molecule has 1 amide bonds. The molecule has 104 valence electrons. The number of carbonyl (C=O) groups is 1. The van der Waals surface area contributed by atoms with E-state index in [0.717, 1.165) is 0 Å². The Morgan fingerprint density at radius 1 is 1.20 bits per heavy atom. The van der Waals surface area contributed by atoms with Gasteiger partial charge in [-0.2, -0.15) is 0 Å². The molecule has 2 aromatic rings. The first-order valence-corrected chi connectivity index (χ1v) is 6.66. The number of pyridine rings is 1. The van der Waals surface area contributed by atoms with Crippen LogP contribution in [0.4, 0.5) is 5.69 Å². The van der Waals surface area contributed by atoms with Crippen molar-refractivity contribution in [3.8, 4) is 5.75 Å². The highest BCUT2D eigenvalue weighted by molar-refractivity contribution is 6.33. The zero-order valence-corrected chi connectivity index (χ0v) is 12.2. The fraction of sp³-hybridized carbons (Fsp3) is 0.143. The number of hydrogen-bond acceptors (Lipinski definition) is 3. The molecule has 4 nitrogen and oxygen atoms in total. The topological polar surface area (TPSA) is 51.2 Å². The molecule has 1 heterocycles. The molecule has 1 aromatic heterocycles. The van der Waals surface area contributed by atoms with E-state index in [-0.39, 0.29) is 16.2 Å². The summed E-state index contributed by atoms with van der Waals surface area (Å²) in [7, 11) is 0. The molecular formula is C14H12Cl2N2O2. The number of aromatic nitrogens is 1. The zero-order chi connectivity index (χ0) is 14.5. The number of rotatable bonds is 4. The Labute approximate surface area is 126 Å². The maximum absolute atomic E-state index is 12.0. The fourth-order valence-electron chi connectivity index (χ4n) is 1.50. The van der Waals surface area contributed by atoms with Gasteiger partial charge in [0.05, 0.1) is 0 Å². The van der Waals surface area contributed by atoms with E-state index in [1.165, 1.54) is 0 Å².